The Hall–Kier alpha value is -0.270. The van der Waals surface area contributed by atoms with Crippen LogP contribution in [0, 0.1) is 34.6 Å². The summed E-state index contributed by atoms with van der Waals surface area (Å²) >= 11 is 6.59. The van der Waals surface area contributed by atoms with Gasteiger partial charge in [0.2, 0.25) is 0 Å². The molecule has 1 aromatic carbocycles. The zero-order chi connectivity index (χ0) is 14.1. The molecule has 98 valence electrons. The van der Waals surface area contributed by atoms with E-state index in [4.69, 9.17) is 42.9 Å². The Morgan fingerprint density at radius 1 is 1.00 bits per heavy atom. The summed E-state index contributed by atoms with van der Waals surface area (Å²) in [5, 5.41) is 29.5. The van der Waals surface area contributed by atoms with Gasteiger partial charge in [-0.2, -0.15) is 0 Å². The molecule has 0 fully saturated rings. The number of aromatic amines is 1. The van der Waals surface area contributed by atoms with Crippen LogP contribution in [0.1, 0.15) is 0 Å². The number of benzene rings is 1. The molecule has 1 aromatic heterocycles. The molecule has 13 heteroatoms. The van der Waals surface area contributed by atoms with Gasteiger partial charge in [-0.25, -0.2) is 0 Å². The van der Waals surface area contributed by atoms with E-state index in [-0.39, 0.29) is 59.1 Å². The van der Waals surface area contributed by atoms with Crippen molar-refractivity contribution >= 4 is 33.8 Å². The summed E-state index contributed by atoms with van der Waals surface area (Å²) in [5.41, 5.74) is 1.14. The molecule has 0 aliphatic heterocycles. The maximum atomic E-state index is 8.25. The average molecular weight is 337 g/mol. The third kappa shape index (κ3) is 14.1. The molecular formula is C7H5N3Na2O6S2. The van der Waals surface area contributed by atoms with Crippen LogP contribution in [0.3, 0.4) is 0 Å². The van der Waals surface area contributed by atoms with E-state index < -0.39 is 10.2 Å². The number of rotatable bonds is 0. The number of nitrogens with zero attached hydrogens (tertiary/aromatic N) is 2. The van der Waals surface area contributed by atoms with E-state index >= 15 is 0 Å². The van der Waals surface area contributed by atoms with Gasteiger partial charge >= 0.3 is 59.1 Å². The fourth-order valence-corrected chi connectivity index (χ4v) is 2.01. The first-order chi connectivity index (χ1) is 8.32. The summed E-state index contributed by atoms with van der Waals surface area (Å²) in [5.74, 6) is 0. The van der Waals surface area contributed by atoms with Crippen LogP contribution < -0.4 is 59.1 Å². The van der Waals surface area contributed by atoms with Crippen LogP contribution in [0.25, 0.3) is 10.2 Å². The number of thiazole rings is 1. The summed E-state index contributed by atoms with van der Waals surface area (Å²) in [6.07, 6.45) is 0. The van der Waals surface area contributed by atoms with Gasteiger partial charge < -0.3 is 35.6 Å². The number of hydrogen-bond acceptors (Lipinski definition) is 8. The van der Waals surface area contributed by atoms with Gasteiger partial charge in [0.25, 0.3) is 0 Å². The fourth-order valence-electron chi connectivity index (χ4n) is 0.894. The van der Waals surface area contributed by atoms with Gasteiger partial charge in [0.15, 0.2) is 3.95 Å². The van der Waals surface area contributed by atoms with Crippen molar-refractivity contribution in [1.29, 1.82) is 0 Å². The van der Waals surface area contributed by atoms with Crippen LogP contribution in [0.4, 0.5) is 0 Å². The number of para-hydroxylation sites is 1. The minimum Gasteiger partial charge on any atom is -0.356 e. The molecule has 0 aliphatic rings. The van der Waals surface area contributed by atoms with E-state index in [0.717, 1.165) is 9.47 Å². The van der Waals surface area contributed by atoms with Gasteiger partial charge in [0.05, 0.1) is 20.4 Å². The summed E-state index contributed by atoms with van der Waals surface area (Å²) in [6.45, 7) is 0. The number of nitrogens with one attached hydrogen (secondary N) is 1. The molecule has 20 heavy (non-hydrogen) atoms. The second kappa shape index (κ2) is 13.7. The Morgan fingerprint density at radius 3 is 1.80 bits per heavy atom. The van der Waals surface area contributed by atoms with Gasteiger partial charge in [-0.3, -0.25) is 0 Å². The molecule has 0 bridgehead atoms. The maximum absolute atomic E-state index is 8.25. The molecule has 1 heterocycles. The second-order valence-electron chi connectivity index (χ2n) is 2.46. The van der Waals surface area contributed by atoms with Crippen molar-refractivity contribution in [3.05, 3.63) is 58.9 Å². The molecule has 0 spiro atoms. The summed E-state index contributed by atoms with van der Waals surface area (Å²) in [4.78, 5) is 19.6. The third-order valence-corrected chi connectivity index (χ3v) is 2.54. The van der Waals surface area contributed by atoms with Gasteiger partial charge in [-0.1, -0.05) is 12.1 Å². The molecule has 9 nitrogen and oxygen atoms in total. The molecule has 0 unspecified atom stereocenters. The number of aromatic nitrogens is 1. The van der Waals surface area contributed by atoms with Crippen molar-refractivity contribution in [3.63, 3.8) is 0 Å². The van der Waals surface area contributed by atoms with Crippen LogP contribution in [0.15, 0.2) is 24.3 Å². The first-order valence-corrected chi connectivity index (χ1v) is 5.26. The Bertz CT molecular complexity index is 533. The van der Waals surface area contributed by atoms with Crippen molar-refractivity contribution in [1.82, 2.24) is 4.98 Å². The normalized spacial score (nSPS) is 7.60. The fraction of sp³-hybridized carbons (Fsp3) is 0. The summed E-state index contributed by atoms with van der Waals surface area (Å²) < 4.78 is 2.08. The van der Waals surface area contributed by atoms with E-state index in [0.29, 0.717) is 0 Å². The molecule has 0 saturated heterocycles. The average Bonchev–Trinajstić information content (AvgIpc) is 2.55. The quantitative estimate of drug-likeness (QED) is 0.227. The predicted molar refractivity (Wildman–Crippen MR) is 67.7 cm³/mol. The van der Waals surface area contributed by atoms with Crippen molar-refractivity contribution in [2.24, 2.45) is 0 Å². The third-order valence-electron chi connectivity index (χ3n) is 1.33. The van der Waals surface area contributed by atoms with E-state index in [1.54, 1.807) is 11.3 Å². The van der Waals surface area contributed by atoms with Crippen LogP contribution in [0.5, 0.6) is 0 Å². The topological polar surface area (TPSA) is 148 Å². The van der Waals surface area contributed by atoms with Crippen LogP contribution in [-0.2, 0) is 0 Å². The minimum atomic E-state index is -1.75. The minimum absolute atomic E-state index is 0. The standard InChI is InChI=1S/C7H5NS2.2NO3.2Na/c9-7-8-5-3-1-2-4-6(5)10-7;2*2-1(3)4;;/h1-4H,(H,8,9);;;;/q;2*-1;2*+1. The van der Waals surface area contributed by atoms with Crippen LogP contribution >= 0.6 is 23.6 Å². The Kier molecular flexibility index (Phi) is 16.9. The zero-order valence-corrected chi connectivity index (χ0v) is 16.1. The molecule has 1 N–H and O–H groups in total. The van der Waals surface area contributed by atoms with Gasteiger partial charge in [0.1, 0.15) is 0 Å². The Morgan fingerprint density at radius 2 is 1.40 bits per heavy atom. The molecule has 0 aliphatic carbocycles. The van der Waals surface area contributed by atoms with Crippen molar-refractivity contribution in [2.75, 3.05) is 0 Å². The first kappa shape index (κ1) is 24.7. The molecule has 0 atom stereocenters. The van der Waals surface area contributed by atoms with Gasteiger partial charge in [-0.05, 0) is 24.4 Å². The predicted octanol–water partition coefficient (Wildman–Crippen LogP) is -3.51. The molecule has 0 amide bonds. The van der Waals surface area contributed by atoms with E-state index in [2.05, 4.69) is 11.1 Å². The summed E-state index contributed by atoms with van der Waals surface area (Å²) in [6, 6.07) is 8.11. The maximum Gasteiger partial charge on any atom is 1.00 e. The molecule has 0 radical (unpaired) electrons. The van der Waals surface area contributed by atoms with Crippen molar-refractivity contribution in [3.8, 4) is 0 Å². The van der Waals surface area contributed by atoms with Gasteiger partial charge in [0, 0.05) is 0 Å². The van der Waals surface area contributed by atoms with Crippen LogP contribution in [0.2, 0.25) is 0 Å². The monoisotopic (exact) mass is 337 g/mol. The van der Waals surface area contributed by atoms with E-state index in [1.807, 2.05) is 18.2 Å². The second-order valence-corrected chi connectivity index (χ2v) is 4.18. The Labute approximate surface area is 165 Å². The van der Waals surface area contributed by atoms with Gasteiger partial charge in [-0.15, -0.1) is 11.3 Å². The van der Waals surface area contributed by atoms with Crippen molar-refractivity contribution in [2.45, 2.75) is 0 Å². The molecule has 2 rings (SSSR count). The van der Waals surface area contributed by atoms with E-state index in [1.165, 1.54) is 4.70 Å². The smallest absolute Gasteiger partial charge is 0.356 e. The molecular weight excluding hydrogens is 332 g/mol. The number of H-pyrrole nitrogens is 1. The van der Waals surface area contributed by atoms with E-state index in [9.17, 15) is 0 Å². The molecule has 2 aromatic rings. The largest absolute Gasteiger partial charge is 1.00 e. The SMILES string of the molecule is O=[N+]([O-])[O-].O=[N+]([O-])[O-].S=c1[nH]c2ccccc2s1.[Na+].[Na+]. The number of hydrogen-bond donors (Lipinski definition) is 1. The van der Waals surface area contributed by atoms with Crippen LogP contribution in [-0.4, -0.2) is 15.2 Å². The first-order valence-electron chi connectivity index (χ1n) is 4.04. The van der Waals surface area contributed by atoms with Crippen molar-refractivity contribution < 1.29 is 69.3 Å². The summed E-state index contributed by atoms with van der Waals surface area (Å²) in [7, 11) is 0. The number of fused-ring (bicyclic) bond motifs is 1. The zero-order valence-electron chi connectivity index (χ0n) is 10.5. The Balaban J connectivity index is -0.000000251. The molecule has 0 saturated carbocycles.